The van der Waals surface area contributed by atoms with Gasteiger partial charge in [-0.1, -0.05) is 54.0 Å². The first-order valence-electron chi connectivity index (χ1n) is 7.60. The summed E-state index contributed by atoms with van der Waals surface area (Å²) in [7, 11) is 0. The molecule has 1 aliphatic carbocycles. The van der Waals surface area contributed by atoms with Gasteiger partial charge in [-0.25, -0.2) is 0 Å². The van der Waals surface area contributed by atoms with E-state index in [0.29, 0.717) is 16.7 Å². The fourth-order valence-electron chi connectivity index (χ4n) is 2.89. The maximum absolute atomic E-state index is 12.4. The zero-order valence-electron chi connectivity index (χ0n) is 13.0. The normalized spacial score (nSPS) is 23.0. The summed E-state index contributed by atoms with van der Waals surface area (Å²) < 4.78 is 3.96. The molecule has 0 radical (unpaired) electrons. The Morgan fingerprint density at radius 3 is 2.62 bits per heavy atom. The van der Waals surface area contributed by atoms with E-state index in [2.05, 4.69) is 51.6 Å². The van der Waals surface area contributed by atoms with Crippen LogP contribution < -0.4 is 5.32 Å². The molecule has 1 aromatic rings. The van der Waals surface area contributed by atoms with Crippen molar-refractivity contribution in [3.63, 3.8) is 0 Å². The SMILES string of the molecule is CC(C)(C)c1nnsc1C(=O)NCC1CCCCC1CBr. The molecule has 0 saturated heterocycles. The largest absolute Gasteiger partial charge is 0.351 e. The maximum atomic E-state index is 12.4. The molecule has 2 unspecified atom stereocenters. The van der Waals surface area contributed by atoms with E-state index in [9.17, 15) is 4.79 Å². The molecular formula is C15H24BrN3OS. The quantitative estimate of drug-likeness (QED) is 0.817. The van der Waals surface area contributed by atoms with E-state index in [-0.39, 0.29) is 11.3 Å². The van der Waals surface area contributed by atoms with Crippen LogP contribution in [-0.4, -0.2) is 27.4 Å². The van der Waals surface area contributed by atoms with Gasteiger partial charge in [-0.2, -0.15) is 0 Å². The summed E-state index contributed by atoms with van der Waals surface area (Å²) in [4.78, 5) is 13.1. The Bertz CT molecular complexity index is 484. The van der Waals surface area contributed by atoms with Crippen LogP contribution >= 0.6 is 27.5 Å². The van der Waals surface area contributed by atoms with E-state index >= 15 is 0 Å². The summed E-state index contributed by atoms with van der Waals surface area (Å²) in [6.07, 6.45) is 5.07. The average Bonchev–Trinajstić information content (AvgIpc) is 2.94. The summed E-state index contributed by atoms with van der Waals surface area (Å²) in [5.41, 5.74) is 0.647. The number of nitrogens with zero attached hydrogens (tertiary/aromatic N) is 2. The predicted octanol–water partition coefficient (Wildman–Crippen LogP) is 3.77. The molecule has 1 amide bonds. The number of carbonyl (C=O) groups excluding carboxylic acids is 1. The van der Waals surface area contributed by atoms with Crippen LogP contribution in [0.5, 0.6) is 0 Å². The van der Waals surface area contributed by atoms with Crippen molar-refractivity contribution < 1.29 is 4.79 Å². The number of rotatable bonds is 4. The lowest BCUT2D eigenvalue weighted by atomic mass is 9.80. The number of aromatic nitrogens is 2. The highest BCUT2D eigenvalue weighted by Crippen LogP contribution is 2.31. The monoisotopic (exact) mass is 373 g/mol. The minimum atomic E-state index is -0.150. The highest BCUT2D eigenvalue weighted by atomic mass is 79.9. The average molecular weight is 374 g/mol. The molecule has 1 fully saturated rings. The van der Waals surface area contributed by atoms with Crippen LogP contribution in [0.15, 0.2) is 0 Å². The van der Waals surface area contributed by atoms with Gasteiger partial charge in [0, 0.05) is 17.3 Å². The molecule has 21 heavy (non-hydrogen) atoms. The summed E-state index contributed by atoms with van der Waals surface area (Å²) in [5.74, 6) is 1.25. The van der Waals surface area contributed by atoms with Gasteiger partial charge in [0.2, 0.25) is 0 Å². The predicted molar refractivity (Wildman–Crippen MR) is 90.2 cm³/mol. The lowest BCUT2D eigenvalue weighted by Crippen LogP contribution is -2.35. The van der Waals surface area contributed by atoms with E-state index in [4.69, 9.17) is 0 Å². The maximum Gasteiger partial charge on any atom is 0.264 e. The molecule has 1 N–H and O–H groups in total. The van der Waals surface area contributed by atoms with E-state index < -0.39 is 0 Å². The molecule has 2 atom stereocenters. The molecule has 6 heteroatoms. The summed E-state index contributed by atoms with van der Waals surface area (Å²) in [5, 5.41) is 8.27. The van der Waals surface area contributed by atoms with Crippen molar-refractivity contribution in [2.45, 2.75) is 51.9 Å². The molecule has 0 aliphatic heterocycles. The molecule has 0 bridgehead atoms. The molecule has 1 heterocycles. The zero-order chi connectivity index (χ0) is 15.5. The van der Waals surface area contributed by atoms with Crippen molar-refractivity contribution in [2.75, 3.05) is 11.9 Å². The molecule has 0 aromatic carbocycles. The Hall–Kier alpha value is -0.490. The molecule has 1 aliphatic rings. The lowest BCUT2D eigenvalue weighted by Gasteiger charge is -2.30. The van der Waals surface area contributed by atoms with Crippen molar-refractivity contribution in [2.24, 2.45) is 11.8 Å². The number of amides is 1. The van der Waals surface area contributed by atoms with E-state index in [1.807, 2.05) is 0 Å². The minimum Gasteiger partial charge on any atom is -0.351 e. The summed E-state index contributed by atoms with van der Waals surface area (Å²) in [6, 6.07) is 0. The summed E-state index contributed by atoms with van der Waals surface area (Å²) in [6.45, 7) is 6.93. The number of carbonyl (C=O) groups is 1. The van der Waals surface area contributed by atoms with Crippen molar-refractivity contribution >= 4 is 33.4 Å². The van der Waals surface area contributed by atoms with Gasteiger partial charge in [0.25, 0.3) is 5.91 Å². The Morgan fingerprint density at radius 1 is 1.33 bits per heavy atom. The van der Waals surface area contributed by atoms with E-state index in [1.165, 1.54) is 37.2 Å². The molecule has 118 valence electrons. The lowest BCUT2D eigenvalue weighted by molar-refractivity contribution is 0.0938. The molecule has 0 spiro atoms. The Labute approximate surface area is 139 Å². The van der Waals surface area contributed by atoms with E-state index in [1.54, 1.807) is 0 Å². The van der Waals surface area contributed by atoms with E-state index in [0.717, 1.165) is 17.6 Å². The number of hydrogen-bond donors (Lipinski definition) is 1. The van der Waals surface area contributed by atoms with Gasteiger partial charge in [0.1, 0.15) is 4.88 Å². The Balaban J connectivity index is 1.97. The van der Waals surface area contributed by atoms with Crippen LogP contribution in [0.25, 0.3) is 0 Å². The van der Waals surface area contributed by atoms with Crippen LogP contribution in [0.4, 0.5) is 0 Å². The van der Waals surface area contributed by atoms with Crippen LogP contribution in [0.3, 0.4) is 0 Å². The third-order valence-electron chi connectivity index (χ3n) is 4.19. The van der Waals surface area contributed by atoms with Gasteiger partial charge in [-0.3, -0.25) is 4.79 Å². The molecule has 1 saturated carbocycles. The van der Waals surface area contributed by atoms with Gasteiger partial charge < -0.3 is 5.32 Å². The van der Waals surface area contributed by atoms with Crippen molar-refractivity contribution in [3.05, 3.63) is 10.6 Å². The fraction of sp³-hybridized carbons (Fsp3) is 0.800. The van der Waals surface area contributed by atoms with Gasteiger partial charge >= 0.3 is 0 Å². The first-order chi connectivity index (χ1) is 9.93. The standard InChI is InChI=1S/C15H24BrN3OS/c1-15(2,3)13-12(21-19-18-13)14(20)17-9-11-7-5-4-6-10(11)8-16/h10-11H,4-9H2,1-3H3,(H,17,20). The smallest absolute Gasteiger partial charge is 0.264 e. The number of halogens is 1. The number of alkyl halides is 1. The van der Waals surface area contributed by atoms with Gasteiger partial charge in [-0.15, -0.1) is 5.10 Å². The number of nitrogens with one attached hydrogen (secondary N) is 1. The highest BCUT2D eigenvalue weighted by molar-refractivity contribution is 9.09. The van der Waals surface area contributed by atoms with Crippen LogP contribution in [0.1, 0.15) is 61.8 Å². The highest BCUT2D eigenvalue weighted by Gasteiger charge is 2.28. The van der Waals surface area contributed by atoms with Gasteiger partial charge in [-0.05, 0) is 36.2 Å². The van der Waals surface area contributed by atoms with Gasteiger partial charge in [0.15, 0.2) is 0 Å². The first-order valence-corrected chi connectivity index (χ1v) is 9.50. The van der Waals surface area contributed by atoms with Crippen LogP contribution in [0.2, 0.25) is 0 Å². The molecule has 4 nitrogen and oxygen atoms in total. The third-order valence-corrected chi connectivity index (χ3v) is 5.75. The second kappa shape index (κ2) is 7.18. The van der Waals surface area contributed by atoms with Crippen LogP contribution in [0, 0.1) is 11.8 Å². The molecular weight excluding hydrogens is 350 g/mol. The second-order valence-electron chi connectivity index (χ2n) is 6.87. The molecule has 1 aromatic heterocycles. The van der Waals surface area contributed by atoms with Crippen molar-refractivity contribution in [1.82, 2.24) is 14.9 Å². The van der Waals surface area contributed by atoms with Crippen molar-refractivity contribution in [1.29, 1.82) is 0 Å². The second-order valence-corrected chi connectivity index (χ2v) is 8.27. The minimum absolute atomic E-state index is 0.0196. The zero-order valence-corrected chi connectivity index (χ0v) is 15.4. The van der Waals surface area contributed by atoms with Crippen molar-refractivity contribution in [3.8, 4) is 0 Å². The third kappa shape index (κ3) is 4.25. The number of hydrogen-bond acceptors (Lipinski definition) is 4. The Kier molecular flexibility index (Phi) is 5.77. The van der Waals surface area contributed by atoms with Gasteiger partial charge in [0.05, 0.1) is 5.69 Å². The fourth-order valence-corrected chi connectivity index (χ4v) is 4.54. The van der Waals surface area contributed by atoms with Crippen LogP contribution in [-0.2, 0) is 5.41 Å². The summed E-state index contributed by atoms with van der Waals surface area (Å²) >= 11 is 4.80. The first kappa shape index (κ1) is 16.9. The topological polar surface area (TPSA) is 54.9 Å². The Morgan fingerprint density at radius 2 is 2.00 bits per heavy atom. The molecule has 2 rings (SSSR count).